The monoisotopic (exact) mass is 980 g/mol. The molecule has 0 bridgehead atoms. The van der Waals surface area contributed by atoms with E-state index in [1.54, 1.807) is 0 Å². The first-order valence-corrected chi connectivity index (χ1v) is 21.2. The number of fused-ring (bicyclic) bond motifs is 5. The van der Waals surface area contributed by atoms with Gasteiger partial charge in [-0.05, 0) is 106 Å². The van der Waals surface area contributed by atoms with Gasteiger partial charge in [0.2, 0.25) is 6.71 Å². The van der Waals surface area contributed by atoms with Crippen molar-refractivity contribution in [2.24, 2.45) is 0 Å². The van der Waals surface area contributed by atoms with Crippen LogP contribution in [-0.2, 0) is 26.5 Å². The third-order valence-electron chi connectivity index (χ3n) is 12.3. The molecule has 0 saturated heterocycles. The number of nitrogens with zero attached hydrogens (tertiary/aromatic N) is 5. The number of anilines is 6. The number of imidazole rings is 1. The molecule has 0 spiro atoms. The number of benzene rings is 7. The van der Waals surface area contributed by atoms with Gasteiger partial charge < -0.3 is 19.4 Å². The molecule has 62 heavy (non-hydrogen) atoms. The minimum absolute atomic E-state index is 0. The van der Waals surface area contributed by atoms with Gasteiger partial charge in [-0.25, -0.2) is 0 Å². The number of hydrogen-bond acceptors (Lipinski definition) is 4. The Bertz CT molecular complexity index is 3100. The van der Waals surface area contributed by atoms with E-state index < -0.39 is 0 Å². The molecular formula is C55H44BN5Pt. The number of rotatable bonds is 6. The molecule has 7 aromatic carbocycles. The van der Waals surface area contributed by atoms with E-state index in [1.807, 2.05) is 6.20 Å². The summed E-state index contributed by atoms with van der Waals surface area (Å²) in [5.41, 5.74) is 18.4. The van der Waals surface area contributed by atoms with Crippen LogP contribution in [0.2, 0.25) is 0 Å². The summed E-state index contributed by atoms with van der Waals surface area (Å²) in [5, 5.41) is 0. The number of aromatic nitrogens is 3. The third kappa shape index (κ3) is 6.51. The zero-order valence-corrected chi connectivity index (χ0v) is 37.6. The van der Waals surface area contributed by atoms with E-state index in [1.165, 1.54) is 16.6 Å². The van der Waals surface area contributed by atoms with E-state index in [2.05, 4.69) is 225 Å². The quantitative estimate of drug-likeness (QED) is 0.123. The molecule has 302 valence electrons. The molecule has 2 aliphatic rings. The fourth-order valence-electron chi connectivity index (χ4n) is 9.24. The summed E-state index contributed by atoms with van der Waals surface area (Å²) < 4.78 is 2.27. The molecule has 0 saturated carbocycles. The molecule has 2 aromatic heterocycles. The van der Waals surface area contributed by atoms with Crippen molar-refractivity contribution in [2.45, 2.75) is 46.0 Å². The van der Waals surface area contributed by atoms with Gasteiger partial charge in [0, 0.05) is 34.6 Å². The molecule has 0 aliphatic carbocycles. The van der Waals surface area contributed by atoms with Gasteiger partial charge in [-0.15, -0.1) is 58.5 Å². The number of hydrogen-bond donors (Lipinski definition) is 0. The molecule has 0 amide bonds. The molecular weight excluding hydrogens is 937 g/mol. The third-order valence-corrected chi connectivity index (χ3v) is 12.3. The molecule has 9 aromatic rings. The number of para-hydroxylation sites is 5. The molecule has 0 unspecified atom stereocenters. The second-order valence-corrected chi connectivity index (χ2v) is 17.5. The summed E-state index contributed by atoms with van der Waals surface area (Å²) in [6.07, 6.45) is 1.93. The molecule has 0 atom stereocenters. The largest absolute Gasteiger partial charge is 2.00 e. The van der Waals surface area contributed by atoms with Crippen molar-refractivity contribution in [1.29, 1.82) is 0 Å². The summed E-state index contributed by atoms with van der Waals surface area (Å²) in [7, 11) is 0. The summed E-state index contributed by atoms with van der Waals surface area (Å²) >= 11 is 0. The van der Waals surface area contributed by atoms with E-state index in [4.69, 9.17) is 9.97 Å². The molecule has 5 nitrogen and oxygen atoms in total. The van der Waals surface area contributed by atoms with Gasteiger partial charge >= 0.3 is 21.1 Å². The summed E-state index contributed by atoms with van der Waals surface area (Å²) in [4.78, 5) is 15.1. The average molecular weight is 981 g/mol. The Balaban J connectivity index is 0.00000458. The normalized spacial score (nSPS) is 12.8. The molecule has 0 N–H and O–H groups in total. The topological polar surface area (TPSA) is 37.2 Å². The van der Waals surface area contributed by atoms with Crippen LogP contribution < -0.4 is 26.2 Å². The number of pyridine rings is 1. The molecule has 2 aliphatic heterocycles. The van der Waals surface area contributed by atoms with Gasteiger partial charge in [0.05, 0.1) is 16.9 Å². The second-order valence-electron chi connectivity index (χ2n) is 17.5. The first kappa shape index (κ1) is 39.6. The van der Waals surface area contributed by atoms with Crippen LogP contribution in [0.1, 0.15) is 51.7 Å². The zero-order valence-electron chi connectivity index (χ0n) is 35.4. The van der Waals surface area contributed by atoms with Crippen LogP contribution in [0.4, 0.5) is 34.1 Å². The van der Waals surface area contributed by atoms with Crippen molar-refractivity contribution in [3.8, 4) is 28.3 Å². The van der Waals surface area contributed by atoms with Gasteiger partial charge in [0.25, 0.3) is 0 Å². The van der Waals surface area contributed by atoms with E-state index in [0.717, 1.165) is 84.4 Å². The van der Waals surface area contributed by atoms with Crippen molar-refractivity contribution in [2.75, 3.05) is 9.80 Å². The fraction of sp³-hybridized carbons (Fsp3) is 0.127. The molecule has 4 heterocycles. The maximum absolute atomic E-state index is 5.32. The first-order chi connectivity index (χ1) is 29.7. The van der Waals surface area contributed by atoms with Crippen LogP contribution in [0.5, 0.6) is 0 Å². The standard InChI is InChI=1S/C55H44BN5.Pt/c1-36(2)37-29-30-57-47(33-37)38-25-27-48-44(31-38)56-45-32-39(54-58-46-23-15-16-24-50(46)61(54)43-21-13-8-14-22-43)26-28-49(45)60(42-19-11-7-12-20-42)52-35-40(55(3,4)5)34-51(53(52)56)59(48)41-17-9-6-10-18-41;/h6-30,33-36H,1-5H3;/q-2;+2. The SMILES string of the molecule is CC(C)c1ccnc(-c2[c-]c3c(cc2)N(c2ccccc2)c2cc(C(C)(C)C)cc4c2B3c2[c-]c(-c3nc5ccccc5n3-c3ccccc3)ccc2N4c2ccccc2)c1.[Pt+2]. The predicted octanol–water partition coefficient (Wildman–Crippen LogP) is 11.9. The zero-order chi connectivity index (χ0) is 41.4. The van der Waals surface area contributed by atoms with Gasteiger partial charge in [0.1, 0.15) is 0 Å². The van der Waals surface area contributed by atoms with Crippen molar-refractivity contribution in [3.63, 3.8) is 0 Å². The van der Waals surface area contributed by atoms with Crippen LogP contribution in [0.25, 0.3) is 39.4 Å². The molecule has 7 heteroatoms. The van der Waals surface area contributed by atoms with Crippen LogP contribution in [0.15, 0.2) is 170 Å². The first-order valence-electron chi connectivity index (χ1n) is 21.2. The van der Waals surface area contributed by atoms with E-state index in [-0.39, 0.29) is 33.2 Å². The van der Waals surface area contributed by atoms with Gasteiger partial charge in [0.15, 0.2) is 0 Å². The summed E-state index contributed by atoms with van der Waals surface area (Å²) in [5.74, 6) is 1.23. The van der Waals surface area contributed by atoms with Crippen LogP contribution in [0, 0.1) is 12.1 Å². The molecule has 0 fully saturated rings. The predicted molar refractivity (Wildman–Crippen MR) is 254 cm³/mol. The van der Waals surface area contributed by atoms with Crippen molar-refractivity contribution >= 4 is 68.3 Å². The maximum atomic E-state index is 5.32. The van der Waals surface area contributed by atoms with Gasteiger partial charge in [-0.3, -0.25) is 4.98 Å². The van der Waals surface area contributed by atoms with Gasteiger partial charge in [-0.1, -0.05) is 113 Å². The van der Waals surface area contributed by atoms with Crippen molar-refractivity contribution < 1.29 is 21.1 Å². The Morgan fingerprint density at radius 1 is 0.565 bits per heavy atom. The van der Waals surface area contributed by atoms with Crippen molar-refractivity contribution in [3.05, 3.63) is 193 Å². The maximum Gasteiger partial charge on any atom is 2.00 e. The fourth-order valence-corrected chi connectivity index (χ4v) is 9.24. The Kier molecular flexibility index (Phi) is 9.88. The van der Waals surface area contributed by atoms with Gasteiger partial charge in [-0.2, -0.15) is 0 Å². The Morgan fingerprint density at radius 3 is 1.68 bits per heavy atom. The Labute approximate surface area is 379 Å². The Hall–Kier alpha value is -6.49. The average Bonchev–Trinajstić information content (AvgIpc) is 3.69. The molecule has 0 radical (unpaired) electrons. The van der Waals surface area contributed by atoms with Crippen molar-refractivity contribution in [1.82, 2.24) is 14.5 Å². The van der Waals surface area contributed by atoms with E-state index in [0.29, 0.717) is 5.92 Å². The summed E-state index contributed by atoms with van der Waals surface area (Å²) in [6.45, 7) is 11.2. The minimum atomic E-state index is -0.202. The summed E-state index contributed by atoms with van der Waals surface area (Å²) in [6, 6.07) is 66.8. The minimum Gasteiger partial charge on any atom is -0.352 e. The van der Waals surface area contributed by atoms with Crippen LogP contribution in [-0.4, -0.2) is 21.2 Å². The van der Waals surface area contributed by atoms with Crippen LogP contribution in [0.3, 0.4) is 0 Å². The smallest absolute Gasteiger partial charge is 0.352 e. The Morgan fingerprint density at radius 2 is 1.10 bits per heavy atom. The second kappa shape index (κ2) is 15.5. The molecule has 11 rings (SSSR count). The van der Waals surface area contributed by atoms with Crippen LogP contribution >= 0.6 is 0 Å². The van der Waals surface area contributed by atoms with E-state index in [9.17, 15) is 0 Å². The van der Waals surface area contributed by atoms with E-state index >= 15 is 0 Å².